The van der Waals surface area contributed by atoms with Crippen molar-refractivity contribution in [3.05, 3.63) is 70.0 Å². The lowest BCUT2D eigenvalue weighted by Crippen LogP contribution is -2.20. The number of hydrogen-bond donors (Lipinski definition) is 1. The van der Waals surface area contributed by atoms with E-state index in [1.165, 1.54) is 18.2 Å². The molecule has 0 saturated carbocycles. The van der Waals surface area contributed by atoms with Crippen molar-refractivity contribution in [2.45, 2.75) is 0 Å². The molecule has 0 aliphatic rings. The van der Waals surface area contributed by atoms with Gasteiger partial charge in [-0.3, -0.25) is 4.79 Å². The Balaban J connectivity index is 1.85. The number of hydrogen-bond acceptors (Lipinski definition) is 3. The summed E-state index contributed by atoms with van der Waals surface area (Å²) in [6, 6.07) is 10.5. The minimum Gasteiger partial charge on any atom is -0.452 e. The number of halogens is 3. The molecule has 0 saturated heterocycles. The fourth-order valence-electron chi connectivity index (χ4n) is 1.73. The van der Waals surface area contributed by atoms with E-state index in [9.17, 15) is 14.0 Å². The molecule has 4 nitrogen and oxygen atoms in total. The Kier molecular flexibility index (Phi) is 6.35. The third-order valence-electron chi connectivity index (χ3n) is 2.85. The second-order valence-corrected chi connectivity index (χ2v) is 5.45. The lowest BCUT2D eigenvalue weighted by Gasteiger charge is -2.07. The van der Waals surface area contributed by atoms with Crippen molar-refractivity contribution in [2.24, 2.45) is 0 Å². The fourth-order valence-corrected chi connectivity index (χ4v) is 2.14. The summed E-state index contributed by atoms with van der Waals surface area (Å²) in [6.45, 7) is -0.501. The molecule has 0 aliphatic heterocycles. The van der Waals surface area contributed by atoms with Gasteiger partial charge in [0.05, 0.1) is 10.7 Å². The van der Waals surface area contributed by atoms with E-state index in [4.69, 9.17) is 27.9 Å². The normalized spacial score (nSPS) is 10.6. The predicted molar refractivity (Wildman–Crippen MR) is 91.5 cm³/mol. The minimum absolute atomic E-state index is 0.0493. The highest BCUT2D eigenvalue weighted by atomic mass is 35.5. The molecule has 1 amide bonds. The molecule has 24 heavy (non-hydrogen) atoms. The molecule has 2 rings (SSSR count). The Morgan fingerprint density at radius 2 is 1.88 bits per heavy atom. The molecule has 7 heteroatoms. The molecule has 0 heterocycles. The topological polar surface area (TPSA) is 55.4 Å². The van der Waals surface area contributed by atoms with Crippen molar-refractivity contribution in [2.75, 3.05) is 11.9 Å². The summed E-state index contributed by atoms with van der Waals surface area (Å²) in [4.78, 5) is 23.3. The quantitative estimate of drug-likeness (QED) is 0.632. The molecule has 0 aromatic heterocycles. The number of anilines is 1. The molecule has 0 fully saturated rings. The van der Waals surface area contributed by atoms with Gasteiger partial charge in [-0.05, 0) is 35.9 Å². The monoisotopic (exact) mass is 367 g/mol. The highest BCUT2D eigenvalue weighted by Gasteiger charge is 2.09. The van der Waals surface area contributed by atoms with Crippen molar-refractivity contribution in [3.63, 3.8) is 0 Å². The first-order chi connectivity index (χ1) is 11.5. The van der Waals surface area contributed by atoms with Gasteiger partial charge < -0.3 is 10.1 Å². The number of carbonyl (C=O) groups is 2. The summed E-state index contributed by atoms with van der Waals surface area (Å²) in [5.74, 6) is -1.81. The van der Waals surface area contributed by atoms with Crippen LogP contribution >= 0.6 is 23.2 Å². The third kappa shape index (κ3) is 5.37. The Morgan fingerprint density at radius 3 is 2.58 bits per heavy atom. The summed E-state index contributed by atoms with van der Waals surface area (Å²) in [5, 5.41) is 2.96. The summed E-state index contributed by atoms with van der Waals surface area (Å²) in [6.07, 6.45) is 2.65. The van der Waals surface area contributed by atoms with Crippen LogP contribution < -0.4 is 5.32 Å². The van der Waals surface area contributed by atoms with Crippen LogP contribution in [0.15, 0.2) is 48.5 Å². The molecule has 0 bridgehead atoms. The standard InChI is InChI=1S/C17H12Cl2FNO3/c18-13-4-2-1-3-11(13)5-8-17(23)24-10-16(22)21-15-7-6-12(20)9-14(15)19/h1-9H,10H2,(H,21,22)/b8-5+. The first-order valence-electron chi connectivity index (χ1n) is 6.80. The lowest BCUT2D eigenvalue weighted by molar-refractivity contribution is -0.142. The zero-order valence-electron chi connectivity index (χ0n) is 12.3. The fraction of sp³-hybridized carbons (Fsp3) is 0.0588. The number of amides is 1. The van der Waals surface area contributed by atoms with Crippen molar-refractivity contribution in [3.8, 4) is 0 Å². The molecule has 2 aromatic rings. The number of carbonyl (C=O) groups excluding carboxylic acids is 2. The molecule has 0 unspecified atom stereocenters. The highest BCUT2D eigenvalue weighted by Crippen LogP contribution is 2.22. The van der Waals surface area contributed by atoms with E-state index in [1.54, 1.807) is 24.3 Å². The molecule has 0 radical (unpaired) electrons. The Labute approximate surface area is 147 Å². The maximum absolute atomic E-state index is 12.9. The molecular formula is C17H12Cl2FNO3. The largest absolute Gasteiger partial charge is 0.452 e. The summed E-state index contributed by atoms with van der Waals surface area (Å²) in [5.41, 5.74) is 0.879. The van der Waals surface area contributed by atoms with Crippen LogP contribution in [-0.2, 0) is 14.3 Å². The van der Waals surface area contributed by atoms with E-state index in [0.29, 0.717) is 10.6 Å². The number of ether oxygens (including phenoxy) is 1. The second-order valence-electron chi connectivity index (χ2n) is 4.63. The second kappa shape index (κ2) is 8.47. The number of rotatable bonds is 5. The maximum Gasteiger partial charge on any atom is 0.331 e. The molecular weight excluding hydrogens is 356 g/mol. The zero-order chi connectivity index (χ0) is 17.5. The highest BCUT2D eigenvalue weighted by molar-refractivity contribution is 6.33. The van der Waals surface area contributed by atoms with Gasteiger partial charge in [-0.15, -0.1) is 0 Å². The Hall–Kier alpha value is -2.37. The van der Waals surface area contributed by atoms with Crippen LogP contribution in [0.2, 0.25) is 10.0 Å². The molecule has 0 aliphatic carbocycles. The molecule has 124 valence electrons. The first-order valence-corrected chi connectivity index (χ1v) is 7.55. The third-order valence-corrected chi connectivity index (χ3v) is 3.51. The SMILES string of the molecule is O=C(COC(=O)/C=C/c1ccccc1Cl)Nc1ccc(F)cc1Cl. The average molecular weight is 368 g/mol. The number of nitrogens with one attached hydrogen (secondary N) is 1. The van der Waals surface area contributed by atoms with Crippen LogP contribution in [0.4, 0.5) is 10.1 Å². The van der Waals surface area contributed by atoms with Crippen LogP contribution in [0.3, 0.4) is 0 Å². The zero-order valence-corrected chi connectivity index (χ0v) is 13.8. The van der Waals surface area contributed by atoms with Crippen LogP contribution in [-0.4, -0.2) is 18.5 Å². The van der Waals surface area contributed by atoms with Crippen LogP contribution in [0.1, 0.15) is 5.56 Å². The predicted octanol–water partition coefficient (Wildman–Crippen LogP) is 4.33. The van der Waals surface area contributed by atoms with Crippen LogP contribution in [0.5, 0.6) is 0 Å². The van der Waals surface area contributed by atoms with E-state index in [0.717, 1.165) is 12.1 Å². The number of benzene rings is 2. The smallest absolute Gasteiger partial charge is 0.331 e. The van der Waals surface area contributed by atoms with Gasteiger partial charge in [-0.25, -0.2) is 9.18 Å². The van der Waals surface area contributed by atoms with Crippen molar-refractivity contribution < 1.29 is 18.7 Å². The molecule has 0 spiro atoms. The van der Waals surface area contributed by atoms with Crippen LogP contribution in [0.25, 0.3) is 6.08 Å². The van der Waals surface area contributed by atoms with Gasteiger partial charge in [0, 0.05) is 11.1 Å². The van der Waals surface area contributed by atoms with E-state index in [-0.39, 0.29) is 10.7 Å². The van der Waals surface area contributed by atoms with E-state index in [2.05, 4.69) is 5.32 Å². The summed E-state index contributed by atoms with van der Waals surface area (Å²) >= 11 is 11.7. The maximum atomic E-state index is 12.9. The minimum atomic E-state index is -0.699. The molecule has 0 atom stereocenters. The van der Waals surface area contributed by atoms with Gasteiger partial charge in [0.2, 0.25) is 0 Å². The molecule has 1 N–H and O–H groups in total. The van der Waals surface area contributed by atoms with E-state index < -0.39 is 24.3 Å². The Bertz CT molecular complexity index is 793. The van der Waals surface area contributed by atoms with E-state index >= 15 is 0 Å². The van der Waals surface area contributed by atoms with Crippen molar-refractivity contribution >= 4 is 46.8 Å². The van der Waals surface area contributed by atoms with Gasteiger partial charge in [0.1, 0.15) is 5.82 Å². The first kappa shape index (κ1) is 18.0. The van der Waals surface area contributed by atoms with Gasteiger partial charge in [-0.1, -0.05) is 41.4 Å². The van der Waals surface area contributed by atoms with Gasteiger partial charge >= 0.3 is 5.97 Å². The number of esters is 1. The van der Waals surface area contributed by atoms with Gasteiger partial charge in [-0.2, -0.15) is 0 Å². The summed E-state index contributed by atoms with van der Waals surface area (Å²) < 4.78 is 17.7. The lowest BCUT2D eigenvalue weighted by atomic mass is 10.2. The Morgan fingerprint density at radius 1 is 1.12 bits per heavy atom. The van der Waals surface area contributed by atoms with Crippen molar-refractivity contribution in [1.82, 2.24) is 0 Å². The van der Waals surface area contributed by atoms with Crippen LogP contribution in [0, 0.1) is 5.82 Å². The van der Waals surface area contributed by atoms with Gasteiger partial charge in [0.25, 0.3) is 5.91 Å². The van der Waals surface area contributed by atoms with Crippen molar-refractivity contribution in [1.29, 1.82) is 0 Å². The summed E-state index contributed by atoms with van der Waals surface area (Å²) in [7, 11) is 0. The molecule has 2 aromatic carbocycles. The van der Waals surface area contributed by atoms with E-state index in [1.807, 2.05) is 0 Å². The average Bonchev–Trinajstić information content (AvgIpc) is 2.55. The van der Waals surface area contributed by atoms with Gasteiger partial charge in [0.15, 0.2) is 6.61 Å².